The first-order valence-corrected chi connectivity index (χ1v) is 8.85. The molecular weight excluding hydrogens is 368 g/mol. The van der Waals surface area contributed by atoms with Crippen molar-refractivity contribution in [2.75, 3.05) is 17.7 Å². The second kappa shape index (κ2) is 9.70. The Morgan fingerprint density at radius 1 is 0.897 bits per heavy atom. The zero-order valence-electron chi connectivity index (χ0n) is 15.8. The summed E-state index contributed by atoms with van der Waals surface area (Å²) in [6, 6.07) is 22.8. The molecule has 7 nitrogen and oxygen atoms in total. The smallest absolute Gasteiger partial charge is 0.323 e. The standard InChI is InChI=1S/C22H20N4O3/c1-29-20-14-17(21(27)26-23-15-16-8-4-2-5-9-16)12-13-19(20)25-22(28)24-18-10-6-3-7-11-18/h2-15H,1H3,(H,26,27)(H2,24,25,28)/b23-15+. The Kier molecular flexibility index (Phi) is 6.57. The zero-order valence-corrected chi connectivity index (χ0v) is 15.8. The summed E-state index contributed by atoms with van der Waals surface area (Å²) >= 11 is 0. The topological polar surface area (TPSA) is 91.8 Å². The number of para-hydroxylation sites is 1. The Morgan fingerprint density at radius 2 is 1.59 bits per heavy atom. The van der Waals surface area contributed by atoms with E-state index in [1.165, 1.54) is 13.2 Å². The summed E-state index contributed by atoms with van der Waals surface area (Å²) in [6.07, 6.45) is 1.55. The molecule has 0 aliphatic rings. The quantitative estimate of drug-likeness (QED) is 0.438. The Labute approximate surface area is 168 Å². The van der Waals surface area contributed by atoms with Gasteiger partial charge in [-0.2, -0.15) is 5.10 Å². The molecule has 3 aromatic rings. The molecule has 7 heteroatoms. The molecule has 29 heavy (non-hydrogen) atoms. The predicted molar refractivity (Wildman–Crippen MR) is 114 cm³/mol. The van der Waals surface area contributed by atoms with E-state index in [2.05, 4.69) is 21.2 Å². The Hall–Kier alpha value is -4.13. The summed E-state index contributed by atoms with van der Waals surface area (Å²) in [7, 11) is 1.46. The molecule has 0 saturated carbocycles. The van der Waals surface area contributed by atoms with Gasteiger partial charge in [-0.15, -0.1) is 0 Å². The van der Waals surface area contributed by atoms with E-state index in [0.717, 1.165) is 5.56 Å². The molecule has 3 amide bonds. The highest BCUT2D eigenvalue weighted by Gasteiger charge is 2.12. The van der Waals surface area contributed by atoms with Crippen LogP contribution in [-0.2, 0) is 0 Å². The monoisotopic (exact) mass is 388 g/mol. The number of anilines is 2. The van der Waals surface area contributed by atoms with E-state index >= 15 is 0 Å². The minimum absolute atomic E-state index is 0.348. The molecule has 0 aliphatic carbocycles. The zero-order chi connectivity index (χ0) is 20.5. The third-order valence-electron chi connectivity index (χ3n) is 3.92. The van der Waals surface area contributed by atoms with Gasteiger partial charge in [-0.3, -0.25) is 4.79 Å². The van der Waals surface area contributed by atoms with Crippen LogP contribution in [0.3, 0.4) is 0 Å². The number of hydrogen-bond acceptors (Lipinski definition) is 4. The van der Waals surface area contributed by atoms with Crippen LogP contribution < -0.4 is 20.8 Å². The highest BCUT2D eigenvalue weighted by Crippen LogP contribution is 2.26. The fourth-order valence-electron chi connectivity index (χ4n) is 2.51. The second-order valence-electron chi connectivity index (χ2n) is 5.97. The number of urea groups is 1. The van der Waals surface area contributed by atoms with Gasteiger partial charge in [0.2, 0.25) is 0 Å². The van der Waals surface area contributed by atoms with Gasteiger partial charge in [-0.25, -0.2) is 10.2 Å². The van der Waals surface area contributed by atoms with Crippen LogP contribution >= 0.6 is 0 Å². The van der Waals surface area contributed by atoms with Crippen molar-refractivity contribution in [1.29, 1.82) is 0 Å². The molecule has 0 atom stereocenters. The fraction of sp³-hybridized carbons (Fsp3) is 0.0455. The number of rotatable bonds is 6. The van der Waals surface area contributed by atoms with Crippen LogP contribution in [0.5, 0.6) is 5.75 Å². The van der Waals surface area contributed by atoms with Gasteiger partial charge >= 0.3 is 6.03 Å². The average Bonchev–Trinajstić information content (AvgIpc) is 2.75. The number of nitrogens with one attached hydrogen (secondary N) is 3. The molecule has 0 spiro atoms. The van der Waals surface area contributed by atoms with Crippen LogP contribution in [0.15, 0.2) is 84.0 Å². The number of carbonyl (C=O) groups excluding carboxylic acids is 2. The van der Waals surface area contributed by atoms with Gasteiger partial charge in [0.1, 0.15) is 5.75 Å². The highest BCUT2D eigenvalue weighted by atomic mass is 16.5. The molecule has 0 radical (unpaired) electrons. The lowest BCUT2D eigenvalue weighted by Gasteiger charge is -2.12. The van der Waals surface area contributed by atoms with Crippen LogP contribution in [0, 0.1) is 0 Å². The van der Waals surface area contributed by atoms with Gasteiger partial charge in [0.05, 0.1) is 19.0 Å². The highest BCUT2D eigenvalue weighted by molar-refractivity contribution is 6.02. The lowest BCUT2D eigenvalue weighted by Crippen LogP contribution is -2.20. The maximum Gasteiger partial charge on any atom is 0.323 e. The van der Waals surface area contributed by atoms with Gasteiger partial charge < -0.3 is 15.4 Å². The number of benzene rings is 3. The van der Waals surface area contributed by atoms with Crippen molar-refractivity contribution in [3.05, 3.63) is 90.0 Å². The number of carbonyl (C=O) groups is 2. The number of amides is 3. The molecule has 0 fully saturated rings. The maximum atomic E-state index is 12.3. The van der Waals surface area contributed by atoms with E-state index in [9.17, 15) is 9.59 Å². The molecule has 0 unspecified atom stereocenters. The number of methoxy groups -OCH3 is 1. The van der Waals surface area contributed by atoms with Crippen molar-refractivity contribution in [2.24, 2.45) is 5.10 Å². The molecule has 0 aliphatic heterocycles. The first kappa shape index (κ1) is 19.6. The Bertz CT molecular complexity index is 1010. The second-order valence-corrected chi connectivity index (χ2v) is 5.97. The third kappa shape index (κ3) is 5.67. The summed E-state index contributed by atoms with van der Waals surface area (Å²) in [5, 5.41) is 9.37. The van der Waals surface area contributed by atoms with Crippen molar-refractivity contribution < 1.29 is 14.3 Å². The van der Waals surface area contributed by atoms with E-state index in [1.54, 1.807) is 30.5 Å². The largest absolute Gasteiger partial charge is 0.495 e. The number of nitrogens with zero attached hydrogens (tertiary/aromatic N) is 1. The van der Waals surface area contributed by atoms with Crippen molar-refractivity contribution in [1.82, 2.24) is 5.43 Å². The third-order valence-corrected chi connectivity index (χ3v) is 3.92. The summed E-state index contributed by atoms with van der Waals surface area (Å²) in [5.41, 5.74) is 4.78. The molecule has 3 N–H and O–H groups in total. The SMILES string of the molecule is COc1cc(C(=O)N/N=C/c2ccccc2)ccc1NC(=O)Nc1ccccc1. The Morgan fingerprint density at radius 3 is 2.28 bits per heavy atom. The number of hydrazone groups is 1. The summed E-state index contributed by atoms with van der Waals surface area (Å²) in [6.45, 7) is 0. The van der Waals surface area contributed by atoms with Crippen molar-refractivity contribution in [3.8, 4) is 5.75 Å². The molecule has 146 valence electrons. The lowest BCUT2D eigenvalue weighted by atomic mass is 10.2. The minimum atomic E-state index is -0.417. The maximum absolute atomic E-state index is 12.3. The van der Waals surface area contributed by atoms with Crippen LogP contribution in [0.4, 0.5) is 16.2 Å². The molecule has 0 heterocycles. The fourth-order valence-corrected chi connectivity index (χ4v) is 2.51. The van der Waals surface area contributed by atoms with Gasteiger partial charge in [-0.1, -0.05) is 48.5 Å². The molecule has 0 saturated heterocycles. The van der Waals surface area contributed by atoms with E-state index in [0.29, 0.717) is 22.7 Å². The van der Waals surface area contributed by atoms with Crippen LogP contribution in [-0.4, -0.2) is 25.3 Å². The summed E-state index contributed by atoms with van der Waals surface area (Å²) in [4.78, 5) is 24.5. The van der Waals surface area contributed by atoms with Crippen LogP contribution in [0.2, 0.25) is 0 Å². The van der Waals surface area contributed by atoms with Gasteiger partial charge in [0, 0.05) is 11.3 Å². The first-order valence-electron chi connectivity index (χ1n) is 8.85. The number of hydrogen-bond donors (Lipinski definition) is 3. The summed E-state index contributed by atoms with van der Waals surface area (Å²) in [5.74, 6) is -0.0383. The first-order chi connectivity index (χ1) is 14.2. The van der Waals surface area contributed by atoms with Crippen LogP contribution in [0.25, 0.3) is 0 Å². The number of ether oxygens (including phenoxy) is 1. The van der Waals surface area contributed by atoms with Crippen molar-refractivity contribution >= 4 is 29.5 Å². The van der Waals surface area contributed by atoms with Gasteiger partial charge in [0.25, 0.3) is 5.91 Å². The Balaban J connectivity index is 1.64. The lowest BCUT2D eigenvalue weighted by molar-refractivity contribution is 0.0955. The molecular formula is C22H20N4O3. The normalized spacial score (nSPS) is 10.4. The van der Waals surface area contributed by atoms with Crippen LogP contribution in [0.1, 0.15) is 15.9 Å². The minimum Gasteiger partial charge on any atom is -0.495 e. The molecule has 0 aromatic heterocycles. The van der Waals surface area contributed by atoms with Crippen molar-refractivity contribution in [3.63, 3.8) is 0 Å². The van der Waals surface area contributed by atoms with E-state index in [-0.39, 0.29) is 0 Å². The molecule has 3 aromatic carbocycles. The van der Waals surface area contributed by atoms with Gasteiger partial charge in [0.15, 0.2) is 0 Å². The predicted octanol–water partition coefficient (Wildman–Crippen LogP) is 4.10. The van der Waals surface area contributed by atoms with E-state index in [4.69, 9.17) is 4.74 Å². The molecule has 0 bridgehead atoms. The van der Waals surface area contributed by atoms with Gasteiger partial charge in [-0.05, 0) is 35.9 Å². The van der Waals surface area contributed by atoms with Crippen molar-refractivity contribution in [2.45, 2.75) is 0 Å². The summed E-state index contributed by atoms with van der Waals surface area (Å²) < 4.78 is 5.30. The molecule has 3 rings (SSSR count). The van der Waals surface area contributed by atoms with E-state index in [1.807, 2.05) is 48.5 Å². The van der Waals surface area contributed by atoms with E-state index < -0.39 is 11.9 Å². The average molecular weight is 388 g/mol.